The molecule has 7 nitrogen and oxygen atoms in total. The summed E-state index contributed by atoms with van der Waals surface area (Å²) in [5.41, 5.74) is 3.28. The maximum atomic E-state index is 12.5. The Morgan fingerprint density at radius 1 is 1.28 bits per heavy atom. The molecule has 29 heavy (non-hydrogen) atoms. The van der Waals surface area contributed by atoms with E-state index in [0.717, 1.165) is 22.1 Å². The number of hydrogen-bond acceptors (Lipinski definition) is 4. The molecule has 1 aliphatic carbocycles. The van der Waals surface area contributed by atoms with Crippen molar-refractivity contribution in [1.82, 2.24) is 9.55 Å². The third-order valence-corrected chi connectivity index (χ3v) is 6.70. The van der Waals surface area contributed by atoms with Crippen LogP contribution in [-0.4, -0.2) is 30.3 Å². The van der Waals surface area contributed by atoms with Crippen molar-refractivity contribution < 1.29 is 13.2 Å². The molecule has 0 spiro atoms. The standard InChI is InChI=1S/C21H25N3O4S/c1-4-29(26,27)23-17-7-8-18(28-12-14-5-6-14)19(13(17)2)16-11-24(3)21(25)20-15(16)9-10-22-20/h7-11,14,22-23H,4-6,12H2,1-3H3. The Hall–Kier alpha value is -2.74. The summed E-state index contributed by atoms with van der Waals surface area (Å²) >= 11 is 0. The van der Waals surface area contributed by atoms with Gasteiger partial charge in [-0.25, -0.2) is 8.42 Å². The fraction of sp³-hybridized carbons (Fsp3) is 0.381. The lowest BCUT2D eigenvalue weighted by Gasteiger charge is -2.19. The first-order chi connectivity index (χ1) is 13.8. The van der Waals surface area contributed by atoms with Crippen LogP contribution in [0.3, 0.4) is 0 Å². The number of nitrogens with one attached hydrogen (secondary N) is 2. The van der Waals surface area contributed by atoms with Crippen LogP contribution in [0.5, 0.6) is 5.75 Å². The van der Waals surface area contributed by atoms with Crippen molar-refractivity contribution in [3.63, 3.8) is 0 Å². The third kappa shape index (κ3) is 3.76. The van der Waals surface area contributed by atoms with Gasteiger partial charge in [0.2, 0.25) is 10.0 Å². The monoisotopic (exact) mass is 415 g/mol. The summed E-state index contributed by atoms with van der Waals surface area (Å²) in [5.74, 6) is 1.26. The molecule has 0 aliphatic heterocycles. The lowest BCUT2D eigenvalue weighted by atomic mass is 9.97. The first-order valence-electron chi connectivity index (χ1n) is 9.74. The summed E-state index contributed by atoms with van der Waals surface area (Å²) in [6.07, 6.45) is 5.86. The number of anilines is 1. The van der Waals surface area contributed by atoms with Gasteiger partial charge in [0.05, 0.1) is 18.0 Å². The van der Waals surface area contributed by atoms with E-state index in [-0.39, 0.29) is 11.3 Å². The highest BCUT2D eigenvalue weighted by Crippen LogP contribution is 2.41. The minimum atomic E-state index is -3.42. The summed E-state index contributed by atoms with van der Waals surface area (Å²) in [6, 6.07) is 5.41. The number of aromatic nitrogens is 2. The molecule has 0 radical (unpaired) electrons. The Labute approximate surface area is 169 Å². The first-order valence-corrected chi connectivity index (χ1v) is 11.4. The lowest BCUT2D eigenvalue weighted by molar-refractivity contribution is 0.301. The maximum Gasteiger partial charge on any atom is 0.274 e. The van der Waals surface area contributed by atoms with Gasteiger partial charge in [-0.05, 0) is 56.4 Å². The number of hydrogen-bond donors (Lipinski definition) is 2. The number of aryl methyl sites for hydroxylation is 1. The number of ether oxygens (including phenoxy) is 1. The highest BCUT2D eigenvalue weighted by molar-refractivity contribution is 7.92. The van der Waals surface area contributed by atoms with Crippen LogP contribution >= 0.6 is 0 Å². The highest BCUT2D eigenvalue weighted by Gasteiger charge is 2.24. The second-order valence-corrected chi connectivity index (χ2v) is 9.61. The molecule has 0 saturated heterocycles. The van der Waals surface area contributed by atoms with Gasteiger partial charge < -0.3 is 14.3 Å². The second kappa shape index (κ2) is 7.26. The number of nitrogens with zero attached hydrogens (tertiary/aromatic N) is 1. The van der Waals surface area contributed by atoms with Crippen LogP contribution in [0.1, 0.15) is 25.3 Å². The number of H-pyrrole nitrogens is 1. The van der Waals surface area contributed by atoms with Gasteiger partial charge in [0.15, 0.2) is 0 Å². The highest BCUT2D eigenvalue weighted by atomic mass is 32.2. The molecule has 1 aromatic carbocycles. The third-order valence-electron chi connectivity index (χ3n) is 5.41. The molecule has 0 amide bonds. The minimum absolute atomic E-state index is 0.0103. The second-order valence-electron chi connectivity index (χ2n) is 7.60. The van der Waals surface area contributed by atoms with E-state index in [0.29, 0.717) is 29.5 Å². The van der Waals surface area contributed by atoms with E-state index in [1.807, 2.05) is 19.1 Å². The van der Waals surface area contributed by atoms with E-state index in [1.165, 1.54) is 17.4 Å². The van der Waals surface area contributed by atoms with Crippen LogP contribution in [0, 0.1) is 12.8 Å². The zero-order valence-electron chi connectivity index (χ0n) is 16.8. The molecular weight excluding hydrogens is 390 g/mol. The van der Waals surface area contributed by atoms with Crippen molar-refractivity contribution in [3.05, 3.63) is 46.5 Å². The molecule has 2 N–H and O–H groups in total. The molecule has 0 unspecified atom stereocenters. The molecule has 0 atom stereocenters. The number of sulfonamides is 1. The molecule has 1 fully saturated rings. The van der Waals surface area contributed by atoms with Crippen molar-refractivity contribution in [2.24, 2.45) is 13.0 Å². The molecule has 8 heteroatoms. The predicted octanol–water partition coefficient (Wildman–Crippen LogP) is 3.39. The molecule has 3 aromatic rings. The summed E-state index contributed by atoms with van der Waals surface area (Å²) in [4.78, 5) is 15.5. The molecular formula is C21H25N3O4S. The topological polar surface area (TPSA) is 93.2 Å². The van der Waals surface area contributed by atoms with Crippen LogP contribution in [0.25, 0.3) is 22.0 Å². The molecule has 2 heterocycles. The number of fused-ring (bicyclic) bond motifs is 1. The van der Waals surface area contributed by atoms with Gasteiger partial charge in [-0.2, -0.15) is 0 Å². The van der Waals surface area contributed by atoms with E-state index in [4.69, 9.17) is 4.74 Å². The molecule has 0 bridgehead atoms. The van der Waals surface area contributed by atoms with Crippen molar-refractivity contribution >= 4 is 26.6 Å². The van der Waals surface area contributed by atoms with E-state index in [1.54, 1.807) is 32.4 Å². The van der Waals surface area contributed by atoms with Gasteiger partial charge in [-0.3, -0.25) is 9.52 Å². The summed E-state index contributed by atoms with van der Waals surface area (Å²) < 4.78 is 34.6. The Morgan fingerprint density at radius 3 is 2.72 bits per heavy atom. The van der Waals surface area contributed by atoms with E-state index in [9.17, 15) is 13.2 Å². The van der Waals surface area contributed by atoms with Gasteiger partial charge in [-0.15, -0.1) is 0 Å². The smallest absolute Gasteiger partial charge is 0.274 e. The molecule has 1 aliphatic rings. The Morgan fingerprint density at radius 2 is 2.03 bits per heavy atom. The maximum absolute atomic E-state index is 12.5. The van der Waals surface area contributed by atoms with Crippen LogP contribution < -0.4 is 15.0 Å². The number of rotatable bonds is 7. The van der Waals surface area contributed by atoms with E-state index < -0.39 is 10.0 Å². The molecule has 154 valence electrons. The largest absolute Gasteiger partial charge is 0.493 e. The van der Waals surface area contributed by atoms with Crippen molar-refractivity contribution in [2.45, 2.75) is 26.7 Å². The van der Waals surface area contributed by atoms with Gasteiger partial charge in [0.25, 0.3) is 5.56 Å². The van der Waals surface area contributed by atoms with Crippen LogP contribution in [0.15, 0.2) is 35.4 Å². The molecule has 2 aromatic heterocycles. The fourth-order valence-electron chi connectivity index (χ4n) is 3.45. The van der Waals surface area contributed by atoms with Crippen LogP contribution in [0.4, 0.5) is 5.69 Å². The number of aromatic amines is 1. The molecule has 4 rings (SSSR count). The molecule has 1 saturated carbocycles. The average molecular weight is 416 g/mol. The Bertz CT molecular complexity index is 1240. The zero-order valence-corrected chi connectivity index (χ0v) is 17.6. The quantitative estimate of drug-likeness (QED) is 0.619. The first kappa shape index (κ1) is 19.6. The summed E-state index contributed by atoms with van der Waals surface area (Å²) in [5, 5.41) is 0.781. The van der Waals surface area contributed by atoms with Crippen molar-refractivity contribution in [2.75, 3.05) is 17.1 Å². The van der Waals surface area contributed by atoms with E-state index >= 15 is 0 Å². The van der Waals surface area contributed by atoms with E-state index in [2.05, 4.69) is 9.71 Å². The lowest BCUT2D eigenvalue weighted by Crippen LogP contribution is -2.17. The number of benzene rings is 1. The van der Waals surface area contributed by atoms with Gasteiger partial charge >= 0.3 is 0 Å². The Kier molecular flexibility index (Phi) is 4.90. The van der Waals surface area contributed by atoms with Crippen molar-refractivity contribution in [3.8, 4) is 16.9 Å². The van der Waals surface area contributed by atoms with Crippen LogP contribution in [0.2, 0.25) is 0 Å². The Balaban J connectivity index is 1.92. The van der Waals surface area contributed by atoms with Gasteiger partial charge in [0, 0.05) is 36.0 Å². The van der Waals surface area contributed by atoms with Crippen molar-refractivity contribution in [1.29, 1.82) is 0 Å². The summed E-state index contributed by atoms with van der Waals surface area (Å²) in [6.45, 7) is 4.10. The number of pyridine rings is 1. The van der Waals surface area contributed by atoms with Gasteiger partial charge in [0.1, 0.15) is 11.3 Å². The SMILES string of the molecule is CCS(=O)(=O)Nc1ccc(OCC2CC2)c(-c2cn(C)c(=O)c3[nH]ccc23)c1C. The van der Waals surface area contributed by atoms with Crippen LogP contribution in [-0.2, 0) is 17.1 Å². The summed E-state index contributed by atoms with van der Waals surface area (Å²) in [7, 11) is -1.72. The minimum Gasteiger partial charge on any atom is -0.493 e. The zero-order chi connectivity index (χ0) is 20.8. The normalized spacial score (nSPS) is 14.3. The average Bonchev–Trinajstić information content (AvgIpc) is 3.39. The fourth-order valence-corrected chi connectivity index (χ4v) is 4.15. The van der Waals surface area contributed by atoms with Gasteiger partial charge in [-0.1, -0.05) is 0 Å². The predicted molar refractivity (Wildman–Crippen MR) is 115 cm³/mol.